The maximum absolute atomic E-state index is 11.2. The van der Waals surface area contributed by atoms with E-state index in [1.165, 1.54) is 0 Å². The fraction of sp³-hybridized carbons (Fsp3) is 0.174. The zero-order valence-electron chi connectivity index (χ0n) is 16.5. The Bertz CT molecular complexity index is 1070. The number of carboxylic acid groups (broad SMARTS) is 1. The lowest BCUT2D eigenvalue weighted by molar-refractivity contribution is 0.0697. The molecule has 3 aromatic carbocycles. The predicted octanol–water partition coefficient (Wildman–Crippen LogP) is 6.31. The lowest BCUT2D eigenvalue weighted by atomic mass is 10.1. The van der Waals surface area contributed by atoms with E-state index in [0.717, 1.165) is 26.9 Å². The van der Waals surface area contributed by atoms with E-state index in [1.807, 2.05) is 43.3 Å². The molecule has 0 heterocycles. The van der Waals surface area contributed by atoms with Gasteiger partial charge in [0.05, 0.1) is 17.1 Å². The second-order valence-corrected chi connectivity index (χ2v) is 7.94. The summed E-state index contributed by atoms with van der Waals surface area (Å²) in [6.07, 6.45) is 0. The van der Waals surface area contributed by atoms with E-state index in [4.69, 9.17) is 21.1 Å². The van der Waals surface area contributed by atoms with E-state index < -0.39 is 5.97 Å². The zero-order valence-corrected chi connectivity index (χ0v) is 18.9. The number of aromatic carboxylic acids is 1. The molecule has 30 heavy (non-hydrogen) atoms. The van der Waals surface area contributed by atoms with Crippen LogP contribution in [0.2, 0.25) is 5.02 Å². The van der Waals surface area contributed by atoms with Crippen molar-refractivity contribution in [2.45, 2.75) is 20.1 Å². The average Bonchev–Trinajstić information content (AvgIpc) is 2.72. The van der Waals surface area contributed by atoms with E-state index in [9.17, 15) is 9.90 Å². The van der Waals surface area contributed by atoms with Gasteiger partial charge in [0.25, 0.3) is 0 Å². The van der Waals surface area contributed by atoms with Crippen molar-refractivity contribution in [3.05, 3.63) is 86.3 Å². The van der Waals surface area contributed by atoms with Gasteiger partial charge in [0.1, 0.15) is 6.61 Å². The molecule has 156 valence electrons. The van der Waals surface area contributed by atoms with Crippen LogP contribution in [-0.2, 0) is 13.2 Å². The van der Waals surface area contributed by atoms with Gasteiger partial charge in [-0.2, -0.15) is 0 Å². The fourth-order valence-corrected chi connectivity index (χ4v) is 3.72. The van der Waals surface area contributed by atoms with Gasteiger partial charge in [-0.3, -0.25) is 0 Å². The molecule has 0 radical (unpaired) electrons. The average molecular weight is 491 g/mol. The highest BCUT2D eigenvalue weighted by molar-refractivity contribution is 9.10. The molecule has 0 spiro atoms. The van der Waals surface area contributed by atoms with E-state index in [-0.39, 0.29) is 5.56 Å². The third-order valence-corrected chi connectivity index (χ3v) is 5.54. The van der Waals surface area contributed by atoms with Crippen molar-refractivity contribution >= 4 is 39.2 Å². The Hall–Kier alpha value is -2.70. The number of aryl methyl sites for hydroxylation is 1. The van der Waals surface area contributed by atoms with Crippen LogP contribution in [0.25, 0.3) is 0 Å². The number of ether oxygens (including phenoxy) is 2. The maximum Gasteiger partial charge on any atom is 0.335 e. The minimum Gasteiger partial charge on any atom is -0.493 e. The minimum absolute atomic E-state index is 0.241. The van der Waals surface area contributed by atoms with Crippen LogP contribution in [0.4, 0.5) is 5.69 Å². The van der Waals surface area contributed by atoms with Crippen molar-refractivity contribution in [2.24, 2.45) is 0 Å². The van der Waals surface area contributed by atoms with Crippen LogP contribution in [0.3, 0.4) is 0 Å². The van der Waals surface area contributed by atoms with Crippen molar-refractivity contribution in [3.63, 3.8) is 0 Å². The molecule has 0 aliphatic rings. The summed E-state index contributed by atoms with van der Waals surface area (Å²) in [5.74, 6) is 0.219. The van der Waals surface area contributed by atoms with Crippen LogP contribution in [0.5, 0.6) is 11.5 Å². The molecular weight excluding hydrogens is 470 g/mol. The van der Waals surface area contributed by atoms with Crippen LogP contribution in [0.15, 0.2) is 59.1 Å². The van der Waals surface area contributed by atoms with Gasteiger partial charge in [-0.05, 0) is 64.3 Å². The molecule has 0 saturated heterocycles. The SMILES string of the molecule is COc1cc(CNc2cc(C(=O)O)ccc2C)cc(Br)c1OCc1ccccc1Cl. The Morgan fingerprint density at radius 3 is 2.63 bits per heavy atom. The number of rotatable bonds is 8. The molecule has 3 rings (SSSR count). The number of methoxy groups -OCH3 is 1. The molecule has 0 aromatic heterocycles. The summed E-state index contributed by atoms with van der Waals surface area (Å²) in [5.41, 5.74) is 3.80. The Balaban J connectivity index is 1.76. The Labute approximate surface area is 188 Å². The number of benzene rings is 3. The molecule has 5 nitrogen and oxygen atoms in total. The second kappa shape index (κ2) is 9.87. The molecule has 0 aliphatic carbocycles. The van der Waals surface area contributed by atoms with Crippen LogP contribution in [0.1, 0.15) is 27.0 Å². The Kier molecular flexibility index (Phi) is 7.24. The number of hydrogen-bond donors (Lipinski definition) is 2. The summed E-state index contributed by atoms with van der Waals surface area (Å²) in [6.45, 7) is 2.73. The predicted molar refractivity (Wildman–Crippen MR) is 122 cm³/mol. The fourth-order valence-electron chi connectivity index (χ4n) is 2.92. The smallest absolute Gasteiger partial charge is 0.335 e. The number of halogens is 2. The van der Waals surface area contributed by atoms with Crippen molar-refractivity contribution in [1.29, 1.82) is 0 Å². The van der Waals surface area contributed by atoms with Crippen LogP contribution in [0, 0.1) is 6.92 Å². The van der Waals surface area contributed by atoms with Gasteiger partial charge in [-0.15, -0.1) is 0 Å². The Morgan fingerprint density at radius 2 is 1.93 bits per heavy atom. The highest BCUT2D eigenvalue weighted by atomic mass is 79.9. The summed E-state index contributed by atoms with van der Waals surface area (Å²) in [7, 11) is 1.59. The molecule has 7 heteroatoms. The van der Waals surface area contributed by atoms with Gasteiger partial charge < -0.3 is 19.9 Å². The van der Waals surface area contributed by atoms with Gasteiger partial charge in [0, 0.05) is 22.8 Å². The number of carbonyl (C=O) groups is 1. The number of anilines is 1. The van der Waals surface area contributed by atoms with Gasteiger partial charge in [0.15, 0.2) is 11.5 Å². The molecule has 0 saturated carbocycles. The molecule has 0 aliphatic heterocycles. The van der Waals surface area contributed by atoms with Gasteiger partial charge in [-0.25, -0.2) is 4.79 Å². The monoisotopic (exact) mass is 489 g/mol. The quantitative estimate of drug-likeness (QED) is 0.387. The van der Waals surface area contributed by atoms with E-state index in [2.05, 4.69) is 21.2 Å². The number of nitrogens with one attached hydrogen (secondary N) is 1. The van der Waals surface area contributed by atoms with E-state index in [1.54, 1.807) is 25.3 Å². The third-order valence-electron chi connectivity index (χ3n) is 4.59. The number of carboxylic acids is 1. The first kappa shape index (κ1) is 22.0. The largest absolute Gasteiger partial charge is 0.493 e. The first-order chi connectivity index (χ1) is 14.4. The lowest BCUT2D eigenvalue weighted by Gasteiger charge is -2.16. The zero-order chi connectivity index (χ0) is 21.7. The molecule has 3 aromatic rings. The molecule has 0 amide bonds. The molecule has 0 bridgehead atoms. The molecular formula is C23H21BrClNO4. The maximum atomic E-state index is 11.2. The molecule has 2 N–H and O–H groups in total. The van der Waals surface area contributed by atoms with Crippen LogP contribution in [-0.4, -0.2) is 18.2 Å². The topological polar surface area (TPSA) is 67.8 Å². The standard InChI is InChI=1S/C23H21BrClNO4/c1-14-7-8-16(23(27)28)11-20(14)26-12-15-9-18(24)22(21(10-15)29-2)30-13-17-5-3-4-6-19(17)25/h3-11,26H,12-13H2,1-2H3,(H,27,28). The summed E-state index contributed by atoms with van der Waals surface area (Å²) in [5, 5.41) is 13.1. The van der Waals surface area contributed by atoms with Gasteiger partial charge >= 0.3 is 5.97 Å². The van der Waals surface area contributed by atoms with Crippen LogP contribution >= 0.6 is 27.5 Å². The third kappa shape index (κ3) is 5.26. The summed E-state index contributed by atoms with van der Waals surface area (Å²) in [6, 6.07) is 16.3. The highest BCUT2D eigenvalue weighted by Crippen LogP contribution is 2.37. The molecule has 0 atom stereocenters. The summed E-state index contributed by atoms with van der Waals surface area (Å²) in [4.78, 5) is 11.2. The highest BCUT2D eigenvalue weighted by Gasteiger charge is 2.13. The number of hydrogen-bond acceptors (Lipinski definition) is 4. The van der Waals surface area contributed by atoms with Crippen LogP contribution < -0.4 is 14.8 Å². The summed E-state index contributed by atoms with van der Waals surface area (Å²) < 4.78 is 12.2. The van der Waals surface area contributed by atoms with E-state index in [0.29, 0.717) is 29.7 Å². The summed E-state index contributed by atoms with van der Waals surface area (Å²) >= 11 is 9.76. The first-order valence-corrected chi connectivity index (χ1v) is 10.4. The lowest BCUT2D eigenvalue weighted by Crippen LogP contribution is -2.05. The molecule has 0 unspecified atom stereocenters. The second-order valence-electron chi connectivity index (χ2n) is 6.68. The van der Waals surface area contributed by atoms with Crippen molar-refractivity contribution in [2.75, 3.05) is 12.4 Å². The minimum atomic E-state index is -0.956. The Morgan fingerprint density at radius 1 is 1.17 bits per heavy atom. The first-order valence-electron chi connectivity index (χ1n) is 9.19. The molecule has 0 fully saturated rings. The van der Waals surface area contributed by atoms with Crippen molar-refractivity contribution in [3.8, 4) is 11.5 Å². The van der Waals surface area contributed by atoms with E-state index >= 15 is 0 Å². The van der Waals surface area contributed by atoms with Crippen molar-refractivity contribution in [1.82, 2.24) is 0 Å². The van der Waals surface area contributed by atoms with Crippen molar-refractivity contribution < 1.29 is 19.4 Å². The normalized spacial score (nSPS) is 10.5. The van der Waals surface area contributed by atoms with Gasteiger partial charge in [-0.1, -0.05) is 35.9 Å². The van der Waals surface area contributed by atoms with Gasteiger partial charge in [0.2, 0.25) is 0 Å².